The lowest BCUT2D eigenvalue weighted by Crippen LogP contribution is -2.09. The average Bonchev–Trinajstić information content (AvgIpc) is 3.17. The Morgan fingerprint density at radius 1 is 1.20 bits per heavy atom. The van der Waals surface area contributed by atoms with E-state index in [0.29, 0.717) is 15.1 Å². The Hall–Kier alpha value is -2.32. The van der Waals surface area contributed by atoms with Gasteiger partial charge in [0.05, 0.1) is 17.8 Å². The highest BCUT2D eigenvalue weighted by molar-refractivity contribution is 7.21. The zero-order valence-electron chi connectivity index (χ0n) is 13.5. The fourth-order valence-corrected chi connectivity index (χ4v) is 4.12. The minimum atomic E-state index is -0.559. The third-order valence-electron chi connectivity index (χ3n) is 3.39. The fraction of sp³-hybridized carbons (Fsp3) is 0.235. The van der Waals surface area contributed by atoms with Crippen molar-refractivity contribution < 1.29 is 23.5 Å². The number of halogens is 1. The molecule has 0 spiro atoms. The van der Waals surface area contributed by atoms with Gasteiger partial charge in [-0.2, -0.15) is 0 Å². The standard InChI is InChI=1S/C17H14FNO4S2/c1-3-22-17(21)15-10(14-11(18)5-4-6-12(14)25-15)8-23-16(20)13-7-19-9(2)24-13/h4-7H,3,8H2,1-2H3. The number of rotatable bonds is 5. The Bertz CT molecular complexity index is 947. The van der Waals surface area contributed by atoms with Crippen LogP contribution in [-0.4, -0.2) is 23.5 Å². The zero-order chi connectivity index (χ0) is 18.0. The van der Waals surface area contributed by atoms with E-state index in [1.807, 2.05) is 0 Å². The number of thiazole rings is 1. The van der Waals surface area contributed by atoms with Crippen molar-refractivity contribution in [3.05, 3.63) is 50.5 Å². The molecule has 25 heavy (non-hydrogen) atoms. The number of carbonyl (C=O) groups is 2. The van der Waals surface area contributed by atoms with Crippen LogP contribution in [0.5, 0.6) is 0 Å². The van der Waals surface area contributed by atoms with E-state index >= 15 is 0 Å². The molecule has 3 aromatic rings. The predicted molar refractivity (Wildman–Crippen MR) is 93.7 cm³/mol. The molecule has 0 aliphatic rings. The molecule has 0 saturated heterocycles. The van der Waals surface area contributed by atoms with Gasteiger partial charge >= 0.3 is 11.9 Å². The molecule has 5 nitrogen and oxygen atoms in total. The smallest absolute Gasteiger partial charge is 0.350 e. The number of fused-ring (bicyclic) bond motifs is 1. The first kappa shape index (κ1) is 17.5. The van der Waals surface area contributed by atoms with Crippen LogP contribution in [0.1, 0.15) is 36.8 Å². The topological polar surface area (TPSA) is 65.5 Å². The van der Waals surface area contributed by atoms with Gasteiger partial charge in [-0.1, -0.05) is 6.07 Å². The van der Waals surface area contributed by atoms with Crippen molar-refractivity contribution in [3.8, 4) is 0 Å². The first-order valence-electron chi connectivity index (χ1n) is 7.47. The van der Waals surface area contributed by atoms with Crippen molar-refractivity contribution in [2.45, 2.75) is 20.5 Å². The lowest BCUT2D eigenvalue weighted by Gasteiger charge is -2.06. The average molecular weight is 379 g/mol. The maximum Gasteiger partial charge on any atom is 0.350 e. The quantitative estimate of drug-likeness (QED) is 0.617. The normalized spacial score (nSPS) is 10.8. The number of hydrogen-bond donors (Lipinski definition) is 0. The third kappa shape index (κ3) is 3.54. The predicted octanol–water partition coefficient (Wildman–Crippen LogP) is 4.34. The van der Waals surface area contributed by atoms with Crippen LogP contribution in [0, 0.1) is 12.7 Å². The zero-order valence-corrected chi connectivity index (χ0v) is 15.1. The number of aryl methyl sites for hydroxylation is 1. The highest BCUT2D eigenvalue weighted by Gasteiger charge is 2.23. The van der Waals surface area contributed by atoms with Crippen LogP contribution in [0.4, 0.5) is 4.39 Å². The van der Waals surface area contributed by atoms with E-state index < -0.39 is 17.8 Å². The number of carbonyl (C=O) groups excluding carboxylic acids is 2. The second-order valence-electron chi connectivity index (χ2n) is 5.06. The van der Waals surface area contributed by atoms with Gasteiger partial charge in [-0.15, -0.1) is 22.7 Å². The molecule has 0 atom stereocenters. The highest BCUT2D eigenvalue weighted by atomic mass is 32.1. The van der Waals surface area contributed by atoms with Crippen molar-refractivity contribution in [2.75, 3.05) is 6.61 Å². The molecule has 0 unspecified atom stereocenters. The van der Waals surface area contributed by atoms with Crippen LogP contribution >= 0.6 is 22.7 Å². The van der Waals surface area contributed by atoms with Crippen LogP contribution in [0.3, 0.4) is 0 Å². The maximum atomic E-state index is 14.3. The Morgan fingerprint density at radius 3 is 2.68 bits per heavy atom. The van der Waals surface area contributed by atoms with Crippen molar-refractivity contribution >= 4 is 44.7 Å². The highest BCUT2D eigenvalue weighted by Crippen LogP contribution is 2.34. The Labute approximate surface area is 151 Å². The number of nitrogens with zero attached hydrogens (tertiary/aromatic N) is 1. The molecule has 0 saturated carbocycles. The fourth-order valence-electron chi connectivity index (χ4n) is 2.33. The summed E-state index contributed by atoms with van der Waals surface area (Å²) < 4.78 is 25.2. The number of esters is 2. The van der Waals surface area contributed by atoms with Gasteiger partial charge in [-0.3, -0.25) is 0 Å². The van der Waals surface area contributed by atoms with Gasteiger partial charge in [0, 0.05) is 15.6 Å². The molecule has 0 amide bonds. The molecular weight excluding hydrogens is 365 g/mol. The summed E-state index contributed by atoms with van der Waals surface area (Å²) in [5, 5.41) is 1.02. The van der Waals surface area contributed by atoms with E-state index in [2.05, 4.69) is 4.98 Å². The summed E-state index contributed by atoms with van der Waals surface area (Å²) in [4.78, 5) is 28.9. The largest absolute Gasteiger partial charge is 0.462 e. The van der Waals surface area contributed by atoms with Crippen molar-refractivity contribution in [1.82, 2.24) is 4.98 Å². The Balaban J connectivity index is 1.94. The summed E-state index contributed by atoms with van der Waals surface area (Å²) in [6.45, 7) is 3.46. The molecule has 3 rings (SSSR count). The van der Waals surface area contributed by atoms with Crippen molar-refractivity contribution in [1.29, 1.82) is 0 Å². The number of thiophene rings is 1. The Kier molecular flexibility index (Phi) is 5.10. The second-order valence-corrected chi connectivity index (χ2v) is 7.35. The van der Waals surface area contributed by atoms with Gasteiger partial charge in [-0.05, 0) is 26.0 Å². The molecule has 8 heteroatoms. The van der Waals surface area contributed by atoms with Gasteiger partial charge < -0.3 is 9.47 Å². The molecule has 130 valence electrons. The van der Waals surface area contributed by atoms with Crippen molar-refractivity contribution in [2.24, 2.45) is 0 Å². The molecule has 0 bridgehead atoms. The number of aromatic nitrogens is 1. The van der Waals surface area contributed by atoms with Gasteiger partial charge in [-0.25, -0.2) is 19.0 Å². The van der Waals surface area contributed by atoms with Crippen LogP contribution in [-0.2, 0) is 16.1 Å². The third-order valence-corrected chi connectivity index (χ3v) is 5.46. The molecular formula is C17H14FNO4S2. The number of benzene rings is 1. The molecule has 0 aliphatic heterocycles. The van der Waals surface area contributed by atoms with Crippen molar-refractivity contribution in [3.63, 3.8) is 0 Å². The summed E-state index contributed by atoms with van der Waals surface area (Å²) >= 11 is 2.33. The van der Waals surface area contributed by atoms with E-state index in [-0.39, 0.29) is 23.5 Å². The first-order chi connectivity index (χ1) is 12.0. The van der Waals surface area contributed by atoms with Gasteiger partial charge in [0.15, 0.2) is 0 Å². The van der Waals surface area contributed by atoms with Crippen LogP contribution in [0.15, 0.2) is 24.4 Å². The summed E-state index contributed by atoms with van der Waals surface area (Å²) in [6.07, 6.45) is 1.43. The second kappa shape index (κ2) is 7.28. The molecule has 0 aliphatic carbocycles. The van der Waals surface area contributed by atoms with E-state index in [1.165, 1.54) is 23.6 Å². The summed E-state index contributed by atoms with van der Waals surface area (Å²) in [5.41, 5.74) is 0.325. The van der Waals surface area contributed by atoms with E-state index in [1.54, 1.807) is 26.0 Å². The first-order valence-corrected chi connectivity index (χ1v) is 9.11. The van der Waals surface area contributed by atoms with E-state index in [9.17, 15) is 14.0 Å². The van der Waals surface area contributed by atoms with Crippen LogP contribution in [0.2, 0.25) is 0 Å². The molecule has 0 fully saturated rings. The van der Waals surface area contributed by atoms with E-state index in [0.717, 1.165) is 16.3 Å². The molecule has 2 aromatic heterocycles. The lowest BCUT2D eigenvalue weighted by atomic mass is 10.1. The Morgan fingerprint density at radius 2 is 2.00 bits per heavy atom. The van der Waals surface area contributed by atoms with Crippen LogP contribution < -0.4 is 0 Å². The van der Waals surface area contributed by atoms with Crippen LogP contribution in [0.25, 0.3) is 10.1 Å². The minimum absolute atomic E-state index is 0.203. The summed E-state index contributed by atoms with van der Waals surface area (Å²) in [6, 6.07) is 4.59. The minimum Gasteiger partial charge on any atom is -0.462 e. The summed E-state index contributed by atoms with van der Waals surface area (Å²) in [7, 11) is 0. The molecule has 0 N–H and O–H groups in total. The lowest BCUT2D eigenvalue weighted by molar-refractivity contribution is 0.0458. The van der Waals surface area contributed by atoms with Gasteiger partial charge in [0.2, 0.25) is 0 Å². The monoisotopic (exact) mass is 379 g/mol. The van der Waals surface area contributed by atoms with Gasteiger partial charge in [0.1, 0.15) is 22.2 Å². The summed E-state index contributed by atoms with van der Waals surface area (Å²) in [5.74, 6) is -1.58. The molecule has 2 heterocycles. The number of ether oxygens (including phenoxy) is 2. The maximum absolute atomic E-state index is 14.3. The SMILES string of the molecule is CCOC(=O)c1sc2cccc(F)c2c1COC(=O)c1cnc(C)s1. The molecule has 0 radical (unpaired) electrons. The van der Waals surface area contributed by atoms with Gasteiger partial charge in [0.25, 0.3) is 0 Å². The molecule has 1 aromatic carbocycles. The van der Waals surface area contributed by atoms with E-state index in [4.69, 9.17) is 9.47 Å². The number of hydrogen-bond acceptors (Lipinski definition) is 7.